The van der Waals surface area contributed by atoms with Crippen LogP contribution in [0.25, 0.3) is 11.0 Å². The van der Waals surface area contributed by atoms with Gasteiger partial charge in [0.15, 0.2) is 5.88 Å². The van der Waals surface area contributed by atoms with Crippen LogP contribution in [0.15, 0.2) is 29.4 Å². The summed E-state index contributed by atoms with van der Waals surface area (Å²) in [4.78, 5) is 24.8. The zero-order chi connectivity index (χ0) is 23.3. The Kier molecular flexibility index (Phi) is 9.33. The second-order valence-electron chi connectivity index (χ2n) is 8.93. The molecule has 9 heteroatoms. The number of ether oxygens (including phenoxy) is 2. The molecule has 172 valence electrons. The largest absolute Gasteiger partial charge is 1.00 e. The van der Waals surface area contributed by atoms with Crippen LogP contribution in [0.5, 0.6) is 5.88 Å². The maximum Gasteiger partial charge on any atom is 1.00 e. The summed E-state index contributed by atoms with van der Waals surface area (Å²) in [6.45, 7) is 14.9. The number of allylic oxidation sites excluding steroid dienone is 1. The molecule has 0 spiro atoms. The molecule has 2 fully saturated rings. The molecule has 0 N–H and O–H groups in total. The first-order valence-electron chi connectivity index (χ1n) is 10.8. The Morgan fingerprint density at radius 2 is 2.09 bits per heavy atom. The van der Waals surface area contributed by atoms with E-state index in [0.717, 1.165) is 19.1 Å². The summed E-state index contributed by atoms with van der Waals surface area (Å²) >= 11 is 0. The zero-order valence-corrected chi connectivity index (χ0v) is 20.1. The van der Waals surface area contributed by atoms with Crippen molar-refractivity contribution in [3.63, 3.8) is 0 Å². The summed E-state index contributed by atoms with van der Waals surface area (Å²) in [6, 6.07) is 3.47. The second kappa shape index (κ2) is 11.5. The summed E-state index contributed by atoms with van der Waals surface area (Å²) < 4.78 is 11.3. The smallest absolute Gasteiger partial charge is 0.862 e. The first-order valence-corrected chi connectivity index (χ1v) is 10.8. The number of pyridine rings is 1. The Bertz CT molecular complexity index is 921. The van der Waals surface area contributed by atoms with Gasteiger partial charge in [-0.05, 0) is 52.3 Å². The monoisotopic (exact) mass is 443 g/mol. The van der Waals surface area contributed by atoms with E-state index in [1.165, 1.54) is 6.08 Å². The van der Waals surface area contributed by atoms with Crippen LogP contribution in [0, 0.1) is 12.8 Å². The van der Waals surface area contributed by atoms with Crippen molar-refractivity contribution in [2.75, 3.05) is 19.6 Å². The normalized spacial score (nSPS) is 19.5. The summed E-state index contributed by atoms with van der Waals surface area (Å²) in [7, 11) is 0. The average molecular weight is 443 g/mol. The average Bonchev–Trinajstić information content (AvgIpc) is 3.55. The molecule has 1 atom stereocenters. The molecule has 1 aromatic rings. The van der Waals surface area contributed by atoms with Crippen LogP contribution in [0.4, 0.5) is 4.79 Å². The molecule has 1 saturated heterocycles. The number of aromatic nitrogens is 1. The SMILES string of the molecule is [CH-]=CC(=N[C-]=C(C=[N-])c1cccnc1OC1CC1)N1CCN(C(=O)OC(C)(C)C)[C@H](C)C1.[Li+]. The summed E-state index contributed by atoms with van der Waals surface area (Å²) in [5, 5.41) is 9.79. The molecule has 0 unspecified atom stereocenters. The summed E-state index contributed by atoms with van der Waals surface area (Å²) in [5.74, 6) is 0.935. The van der Waals surface area contributed by atoms with Crippen LogP contribution in [0.1, 0.15) is 46.1 Å². The van der Waals surface area contributed by atoms with E-state index in [0.29, 0.717) is 42.5 Å². The first-order chi connectivity index (χ1) is 15.2. The molecule has 2 aliphatic rings. The number of carbonyl (C=O) groups excluding carboxylic acids is 1. The fourth-order valence-electron chi connectivity index (χ4n) is 3.28. The zero-order valence-electron chi connectivity index (χ0n) is 20.1. The van der Waals surface area contributed by atoms with Crippen molar-refractivity contribution < 1.29 is 33.1 Å². The van der Waals surface area contributed by atoms with Gasteiger partial charge in [0.2, 0.25) is 0 Å². The topological polar surface area (TPSA) is 89.6 Å². The predicted molar refractivity (Wildman–Crippen MR) is 124 cm³/mol. The van der Waals surface area contributed by atoms with Gasteiger partial charge in [0.25, 0.3) is 0 Å². The van der Waals surface area contributed by atoms with E-state index in [4.69, 9.17) is 16.1 Å². The molecule has 2 heterocycles. The van der Waals surface area contributed by atoms with Crippen LogP contribution >= 0.6 is 0 Å². The van der Waals surface area contributed by atoms with Crippen molar-refractivity contribution >= 4 is 23.7 Å². The number of hydrogen-bond donors (Lipinski definition) is 0. The third-order valence-electron chi connectivity index (χ3n) is 5.01. The summed E-state index contributed by atoms with van der Waals surface area (Å²) in [5.41, 5.74) is 0.398. The molecular weight excluding hydrogens is 413 g/mol. The van der Waals surface area contributed by atoms with Gasteiger partial charge in [-0.15, -0.1) is 5.57 Å². The van der Waals surface area contributed by atoms with Crippen molar-refractivity contribution in [1.29, 1.82) is 0 Å². The van der Waals surface area contributed by atoms with E-state index in [1.54, 1.807) is 23.2 Å². The molecule has 3 rings (SSSR count). The van der Waals surface area contributed by atoms with Crippen LogP contribution in [0.3, 0.4) is 0 Å². The molecule has 0 radical (unpaired) electrons. The third kappa shape index (κ3) is 7.48. The molecule has 1 aliphatic heterocycles. The van der Waals surface area contributed by atoms with Gasteiger partial charge in [0.1, 0.15) is 5.60 Å². The number of carbonyl (C=O) groups is 1. The number of piperazine rings is 1. The molecule has 0 aromatic carbocycles. The fraction of sp³-hybridized carbons (Fsp3) is 0.500. The minimum atomic E-state index is -0.545. The quantitative estimate of drug-likeness (QED) is 0.280. The van der Waals surface area contributed by atoms with Crippen molar-refractivity contribution in [1.82, 2.24) is 14.8 Å². The molecule has 1 aromatic heterocycles. The first kappa shape index (κ1) is 26.7. The van der Waals surface area contributed by atoms with E-state index in [2.05, 4.69) is 16.2 Å². The van der Waals surface area contributed by atoms with Gasteiger partial charge in [-0.3, -0.25) is 12.8 Å². The van der Waals surface area contributed by atoms with Crippen molar-refractivity contribution in [3.05, 3.63) is 48.2 Å². The van der Waals surface area contributed by atoms with Gasteiger partial charge >= 0.3 is 25.0 Å². The number of aliphatic imine (C=N–C) groups is 1. The van der Waals surface area contributed by atoms with Crippen molar-refractivity contribution in [3.8, 4) is 5.88 Å². The van der Waals surface area contributed by atoms with Crippen molar-refractivity contribution in [2.24, 2.45) is 4.99 Å². The number of hydrogen-bond acceptors (Lipinski definition) is 5. The third-order valence-corrected chi connectivity index (χ3v) is 5.01. The van der Waals surface area contributed by atoms with Gasteiger partial charge in [0, 0.05) is 37.7 Å². The Hall–Kier alpha value is -2.56. The minimum Gasteiger partial charge on any atom is -0.862 e. The predicted octanol–water partition coefficient (Wildman–Crippen LogP) is 0.740. The Morgan fingerprint density at radius 1 is 1.36 bits per heavy atom. The number of amides is 1. The second-order valence-corrected chi connectivity index (χ2v) is 8.93. The van der Waals surface area contributed by atoms with Gasteiger partial charge in [0.05, 0.1) is 6.10 Å². The van der Waals surface area contributed by atoms with Gasteiger partial charge in [-0.1, -0.05) is 12.1 Å². The number of amidine groups is 1. The molecule has 1 aliphatic carbocycles. The molecular formula is C24H30LiN5O3-2. The van der Waals surface area contributed by atoms with Crippen LogP contribution in [-0.2, 0) is 4.74 Å². The fourth-order valence-corrected chi connectivity index (χ4v) is 3.28. The van der Waals surface area contributed by atoms with E-state index in [9.17, 15) is 10.2 Å². The molecule has 8 nitrogen and oxygen atoms in total. The minimum absolute atomic E-state index is 0. The standard InChI is InChI=1S/C24H30N5O3.Li/c1-6-21(28-12-13-29(17(2)16-28)23(30)32-24(3,4)5)27-15-18(14-25)20-8-7-11-26-22(20)31-19-9-10-19;/h1,6-8,11,14,17,19H,9-10,12-13,16H2,2-5H3;/q-3;+1/t17-;/m1./s1. The number of nitrogens with zero attached hydrogens (tertiary/aromatic N) is 5. The van der Waals surface area contributed by atoms with Gasteiger partial charge in [-0.25, -0.2) is 9.78 Å². The van der Waals surface area contributed by atoms with E-state index in [1.807, 2.05) is 32.6 Å². The van der Waals surface area contributed by atoms with Crippen LogP contribution in [-0.4, -0.2) is 70.3 Å². The Balaban J connectivity index is 0.00000385. The van der Waals surface area contributed by atoms with E-state index >= 15 is 0 Å². The maximum absolute atomic E-state index is 12.5. The summed E-state index contributed by atoms with van der Waals surface area (Å²) in [6.07, 6.45) is 8.67. The molecule has 1 saturated carbocycles. The van der Waals surface area contributed by atoms with Gasteiger partial charge in [-0.2, -0.15) is 6.08 Å². The van der Waals surface area contributed by atoms with Crippen LogP contribution in [0.2, 0.25) is 0 Å². The Labute approximate surface area is 208 Å². The van der Waals surface area contributed by atoms with Crippen LogP contribution < -0.4 is 23.6 Å². The maximum atomic E-state index is 12.5. The van der Waals surface area contributed by atoms with Crippen molar-refractivity contribution in [2.45, 2.75) is 58.3 Å². The Morgan fingerprint density at radius 3 is 2.67 bits per heavy atom. The van der Waals surface area contributed by atoms with E-state index < -0.39 is 5.60 Å². The molecule has 1 amide bonds. The van der Waals surface area contributed by atoms with E-state index in [-0.39, 0.29) is 37.1 Å². The van der Waals surface area contributed by atoms with Gasteiger partial charge < -0.3 is 29.7 Å². The molecule has 33 heavy (non-hydrogen) atoms. The molecule has 0 bridgehead atoms. The number of rotatable bonds is 6.